The van der Waals surface area contributed by atoms with Crippen molar-refractivity contribution in [3.63, 3.8) is 0 Å². The van der Waals surface area contributed by atoms with Crippen molar-refractivity contribution in [2.75, 3.05) is 13.1 Å². The molecule has 0 bridgehead atoms. The van der Waals surface area contributed by atoms with Crippen LogP contribution < -0.4 is 5.32 Å². The fraction of sp³-hybridized carbons (Fsp3) is 0.280. The molecule has 4 aromatic rings. The molecule has 2 aliphatic rings. The van der Waals surface area contributed by atoms with Crippen molar-refractivity contribution >= 4 is 16.6 Å². The Kier molecular flexibility index (Phi) is 4.39. The zero-order valence-corrected chi connectivity index (χ0v) is 17.5. The molecule has 1 aromatic carbocycles. The largest absolute Gasteiger partial charge is 0.326 e. The van der Waals surface area contributed by atoms with Crippen molar-refractivity contribution < 1.29 is 0 Å². The molecule has 1 aliphatic carbocycles. The Morgan fingerprint density at radius 1 is 1.06 bits per heavy atom. The summed E-state index contributed by atoms with van der Waals surface area (Å²) in [5, 5.41) is 3.51. The van der Waals surface area contributed by atoms with Gasteiger partial charge in [-0.05, 0) is 56.1 Å². The Balaban J connectivity index is 1.40. The van der Waals surface area contributed by atoms with E-state index in [4.69, 9.17) is 9.97 Å². The standard InChI is InChI=1S/C25H24N6/c1-16-11-18(8-10-27-16)23-14-28-22-7-5-20(25(22)30-23)17-4-6-21-24(12-17)31(15-29-21)19-3-2-9-26-13-19/h4-6,8,10-12,14-15,19,26H,2-3,7,9,13H2,1H3. The molecule has 1 atom stereocenters. The highest BCUT2D eigenvalue weighted by atomic mass is 15.1. The Morgan fingerprint density at radius 3 is 2.90 bits per heavy atom. The van der Waals surface area contributed by atoms with Crippen LogP contribution in [-0.2, 0) is 6.42 Å². The molecule has 0 spiro atoms. The first-order valence-corrected chi connectivity index (χ1v) is 10.9. The zero-order valence-electron chi connectivity index (χ0n) is 17.5. The van der Waals surface area contributed by atoms with Crippen LogP contribution in [0.4, 0.5) is 0 Å². The van der Waals surface area contributed by atoms with Crippen molar-refractivity contribution in [2.45, 2.75) is 32.2 Å². The summed E-state index contributed by atoms with van der Waals surface area (Å²) in [4.78, 5) is 18.7. The number of fused-ring (bicyclic) bond motifs is 2. The van der Waals surface area contributed by atoms with E-state index in [-0.39, 0.29) is 0 Å². The topological polar surface area (TPSA) is 68.5 Å². The number of piperidine rings is 1. The minimum Gasteiger partial charge on any atom is -0.326 e. The lowest BCUT2D eigenvalue weighted by molar-refractivity contribution is 0.378. The molecule has 0 saturated carbocycles. The molecule has 0 amide bonds. The molecule has 6 rings (SSSR count). The van der Waals surface area contributed by atoms with E-state index in [0.29, 0.717) is 6.04 Å². The molecular formula is C25H24N6. The lowest BCUT2D eigenvalue weighted by Crippen LogP contribution is -2.31. The fourth-order valence-electron chi connectivity index (χ4n) is 4.73. The fourth-order valence-corrected chi connectivity index (χ4v) is 4.73. The SMILES string of the molecule is Cc1cc(-c2cnc3c(n2)C(c2ccc4ncn(C5CCCNC5)c4c2)=CC3)ccn1. The minimum absolute atomic E-state index is 0.458. The van der Waals surface area contributed by atoms with E-state index in [1.54, 1.807) is 0 Å². The Hall–Kier alpha value is -3.38. The third-order valence-electron chi connectivity index (χ3n) is 6.35. The molecule has 3 aromatic heterocycles. The second kappa shape index (κ2) is 7.39. The van der Waals surface area contributed by atoms with E-state index in [9.17, 15) is 0 Å². The average Bonchev–Trinajstić information content (AvgIpc) is 3.43. The van der Waals surface area contributed by atoms with E-state index in [2.05, 4.69) is 50.2 Å². The quantitative estimate of drug-likeness (QED) is 0.553. The summed E-state index contributed by atoms with van der Waals surface area (Å²) in [6.07, 6.45) is 11.1. The van der Waals surface area contributed by atoms with Gasteiger partial charge < -0.3 is 9.88 Å². The molecule has 1 fully saturated rings. The Labute approximate surface area is 181 Å². The number of imidazole rings is 1. The maximum Gasteiger partial charge on any atom is 0.0961 e. The van der Waals surface area contributed by atoms with Gasteiger partial charge in [-0.2, -0.15) is 0 Å². The predicted octanol–water partition coefficient (Wildman–Crippen LogP) is 4.11. The normalized spacial score (nSPS) is 18.2. The molecule has 4 heterocycles. The van der Waals surface area contributed by atoms with Gasteiger partial charge in [0.2, 0.25) is 0 Å². The predicted molar refractivity (Wildman–Crippen MR) is 122 cm³/mol. The van der Waals surface area contributed by atoms with Crippen molar-refractivity contribution in [2.24, 2.45) is 0 Å². The number of hydrogen-bond donors (Lipinski definition) is 1. The first kappa shape index (κ1) is 18.4. The van der Waals surface area contributed by atoms with Crippen LogP contribution in [0.3, 0.4) is 0 Å². The zero-order chi connectivity index (χ0) is 20.8. The van der Waals surface area contributed by atoms with Crippen LogP contribution in [-0.4, -0.2) is 37.6 Å². The summed E-state index contributed by atoms with van der Waals surface area (Å²) < 4.78 is 2.34. The minimum atomic E-state index is 0.458. The van der Waals surface area contributed by atoms with Crippen LogP contribution in [0.25, 0.3) is 27.9 Å². The average molecular weight is 409 g/mol. The molecule has 6 nitrogen and oxygen atoms in total. The third kappa shape index (κ3) is 3.24. The number of allylic oxidation sites excluding steroid dienone is 1. The number of hydrogen-bond acceptors (Lipinski definition) is 5. The van der Waals surface area contributed by atoms with Gasteiger partial charge in [0.05, 0.1) is 40.6 Å². The first-order chi connectivity index (χ1) is 15.3. The molecule has 0 radical (unpaired) electrons. The lowest BCUT2D eigenvalue weighted by atomic mass is 10.0. The molecule has 154 valence electrons. The summed E-state index contributed by atoms with van der Waals surface area (Å²) in [7, 11) is 0. The highest BCUT2D eigenvalue weighted by molar-refractivity contribution is 5.88. The van der Waals surface area contributed by atoms with Crippen LogP contribution in [0.2, 0.25) is 0 Å². The van der Waals surface area contributed by atoms with E-state index in [1.165, 1.54) is 23.9 Å². The van der Waals surface area contributed by atoms with Crippen molar-refractivity contribution in [3.05, 3.63) is 77.8 Å². The summed E-state index contributed by atoms with van der Waals surface area (Å²) >= 11 is 0. The molecular weight excluding hydrogens is 384 g/mol. The second-order valence-electron chi connectivity index (χ2n) is 8.41. The number of aryl methyl sites for hydroxylation is 1. The van der Waals surface area contributed by atoms with Gasteiger partial charge in [-0.15, -0.1) is 0 Å². The van der Waals surface area contributed by atoms with Gasteiger partial charge in [0, 0.05) is 42.0 Å². The highest BCUT2D eigenvalue weighted by Gasteiger charge is 2.22. The maximum atomic E-state index is 5.01. The van der Waals surface area contributed by atoms with E-state index >= 15 is 0 Å². The highest BCUT2D eigenvalue weighted by Crippen LogP contribution is 2.34. The number of rotatable bonds is 3. The second-order valence-corrected chi connectivity index (χ2v) is 8.41. The molecule has 1 unspecified atom stereocenters. The number of aromatic nitrogens is 5. The maximum absolute atomic E-state index is 5.01. The van der Waals surface area contributed by atoms with Gasteiger partial charge in [-0.3, -0.25) is 9.97 Å². The van der Waals surface area contributed by atoms with Crippen molar-refractivity contribution in [1.29, 1.82) is 0 Å². The van der Waals surface area contributed by atoms with Gasteiger partial charge in [0.15, 0.2) is 0 Å². The van der Waals surface area contributed by atoms with Crippen LogP contribution in [0.5, 0.6) is 0 Å². The van der Waals surface area contributed by atoms with Gasteiger partial charge in [0.25, 0.3) is 0 Å². The van der Waals surface area contributed by atoms with Crippen molar-refractivity contribution in [1.82, 2.24) is 29.8 Å². The monoisotopic (exact) mass is 408 g/mol. The number of pyridine rings is 1. The number of benzene rings is 1. The van der Waals surface area contributed by atoms with E-state index < -0.39 is 0 Å². The number of nitrogens with one attached hydrogen (secondary N) is 1. The van der Waals surface area contributed by atoms with Gasteiger partial charge in [0.1, 0.15) is 0 Å². The summed E-state index contributed by atoms with van der Waals surface area (Å²) in [6.45, 7) is 4.10. The first-order valence-electron chi connectivity index (χ1n) is 10.9. The van der Waals surface area contributed by atoms with Crippen LogP contribution in [0.15, 0.2) is 55.1 Å². The molecule has 1 N–H and O–H groups in total. The summed E-state index contributed by atoms with van der Waals surface area (Å²) in [6, 6.07) is 11.1. The summed E-state index contributed by atoms with van der Waals surface area (Å²) in [5.41, 5.74) is 9.50. The van der Waals surface area contributed by atoms with Crippen LogP contribution >= 0.6 is 0 Å². The third-order valence-corrected chi connectivity index (χ3v) is 6.35. The molecule has 1 aliphatic heterocycles. The summed E-state index contributed by atoms with van der Waals surface area (Å²) in [5.74, 6) is 0. The van der Waals surface area contributed by atoms with Crippen LogP contribution in [0.1, 0.15) is 41.5 Å². The van der Waals surface area contributed by atoms with Gasteiger partial charge in [-0.25, -0.2) is 9.97 Å². The van der Waals surface area contributed by atoms with Gasteiger partial charge >= 0.3 is 0 Å². The van der Waals surface area contributed by atoms with E-state index in [1.807, 2.05) is 31.7 Å². The Morgan fingerprint density at radius 2 is 2.03 bits per heavy atom. The number of nitrogens with zero attached hydrogens (tertiary/aromatic N) is 5. The molecule has 1 saturated heterocycles. The molecule has 6 heteroatoms. The molecule has 31 heavy (non-hydrogen) atoms. The lowest BCUT2D eigenvalue weighted by Gasteiger charge is -2.24. The van der Waals surface area contributed by atoms with Crippen LogP contribution in [0, 0.1) is 6.92 Å². The van der Waals surface area contributed by atoms with E-state index in [0.717, 1.165) is 58.9 Å². The smallest absolute Gasteiger partial charge is 0.0961 e. The van der Waals surface area contributed by atoms with Crippen molar-refractivity contribution in [3.8, 4) is 11.3 Å². The van der Waals surface area contributed by atoms with Gasteiger partial charge in [-0.1, -0.05) is 12.1 Å². The Bertz CT molecular complexity index is 1310.